The third kappa shape index (κ3) is 5.99. The molecule has 0 aromatic heterocycles. The fraction of sp³-hybridized carbons (Fsp3) is 0.429. The van der Waals surface area contributed by atoms with E-state index in [0.29, 0.717) is 48.1 Å². The van der Waals surface area contributed by atoms with Crippen LogP contribution in [0.4, 0.5) is 4.39 Å². The molecule has 0 spiro atoms. The molecule has 1 fully saturated rings. The van der Waals surface area contributed by atoms with Crippen molar-refractivity contribution in [1.29, 1.82) is 0 Å². The molecule has 2 aliphatic rings. The molecule has 2 N–H and O–H groups in total. The van der Waals surface area contributed by atoms with Crippen LogP contribution in [0.15, 0.2) is 60.7 Å². The summed E-state index contributed by atoms with van der Waals surface area (Å²) in [5.74, 6) is -3.34. The highest BCUT2D eigenvalue weighted by Crippen LogP contribution is 2.51. The Kier molecular flexibility index (Phi) is 9.92. The van der Waals surface area contributed by atoms with Crippen LogP contribution >= 0.6 is 23.2 Å². The average Bonchev–Trinajstić information content (AvgIpc) is 3.28. The lowest BCUT2D eigenvalue weighted by Gasteiger charge is -2.42. The minimum absolute atomic E-state index is 0.102. The standard InChI is InChI=1S/C35H38Cl2FNO6/c1-4-16-45-33(41)21(3)31(22-6-10-26(36)11-7-22)39-32(40)28-19-25(34(42,5-2)23-14-17-44-18-15-23)20-29(38)30(28)35(39,43)24-8-12-27(37)13-9-24/h6-13,19-21,23,31,42-43H,4-5,14-18H2,1-3H3/t21-,31-,34-,35+/m0/s1. The van der Waals surface area contributed by atoms with Gasteiger partial charge in [0.2, 0.25) is 0 Å². The van der Waals surface area contributed by atoms with Gasteiger partial charge in [-0.3, -0.25) is 14.5 Å². The summed E-state index contributed by atoms with van der Waals surface area (Å²) in [6.07, 6.45) is 2.03. The first-order valence-electron chi connectivity index (χ1n) is 15.4. The van der Waals surface area contributed by atoms with E-state index in [9.17, 15) is 19.8 Å². The minimum atomic E-state index is -2.35. The number of hydrogen-bond donors (Lipinski definition) is 2. The van der Waals surface area contributed by atoms with E-state index in [4.69, 9.17) is 32.7 Å². The van der Waals surface area contributed by atoms with E-state index >= 15 is 4.39 Å². The van der Waals surface area contributed by atoms with Gasteiger partial charge in [-0.2, -0.15) is 0 Å². The molecule has 3 aromatic rings. The van der Waals surface area contributed by atoms with Crippen LogP contribution in [0.25, 0.3) is 0 Å². The van der Waals surface area contributed by atoms with Crippen LogP contribution in [0.5, 0.6) is 0 Å². The van der Waals surface area contributed by atoms with Crippen molar-refractivity contribution in [2.24, 2.45) is 11.8 Å². The molecule has 3 aromatic carbocycles. The van der Waals surface area contributed by atoms with Crippen LogP contribution in [0.1, 0.15) is 85.1 Å². The number of esters is 1. The minimum Gasteiger partial charge on any atom is -0.465 e. The zero-order valence-electron chi connectivity index (χ0n) is 25.6. The fourth-order valence-electron chi connectivity index (χ4n) is 6.76. The van der Waals surface area contributed by atoms with Gasteiger partial charge in [-0.1, -0.05) is 61.3 Å². The molecule has 0 radical (unpaired) electrons. The SMILES string of the molecule is CCCOC(=O)[C@@H](C)[C@@H](c1ccc(Cl)cc1)N1C(=O)c2cc([C@](O)(CC)C3CCOCC3)cc(F)c2[C@]1(O)c1ccc(Cl)cc1. The molecular formula is C35H38Cl2FNO6. The topological polar surface area (TPSA) is 96.3 Å². The second-order valence-electron chi connectivity index (χ2n) is 11.9. The summed E-state index contributed by atoms with van der Waals surface area (Å²) in [6.45, 7) is 6.41. The summed E-state index contributed by atoms with van der Waals surface area (Å²) in [6, 6.07) is 14.3. The van der Waals surface area contributed by atoms with Crippen molar-refractivity contribution < 1.29 is 33.7 Å². The van der Waals surface area contributed by atoms with Crippen molar-refractivity contribution in [3.8, 4) is 0 Å². The molecule has 1 saturated heterocycles. The number of nitrogens with zero attached hydrogens (tertiary/aromatic N) is 1. The molecule has 4 atom stereocenters. The van der Waals surface area contributed by atoms with E-state index < -0.39 is 41.0 Å². The second kappa shape index (κ2) is 13.4. The lowest BCUT2D eigenvalue weighted by atomic mass is 9.74. The van der Waals surface area contributed by atoms with E-state index in [2.05, 4.69) is 0 Å². The lowest BCUT2D eigenvalue weighted by molar-refractivity contribution is -0.153. The van der Waals surface area contributed by atoms with E-state index in [-0.39, 0.29) is 41.2 Å². The first-order chi connectivity index (χ1) is 21.5. The lowest BCUT2D eigenvalue weighted by Crippen LogP contribution is -2.50. The van der Waals surface area contributed by atoms with Crippen molar-refractivity contribution in [2.45, 2.75) is 63.8 Å². The van der Waals surface area contributed by atoms with Crippen LogP contribution < -0.4 is 0 Å². The third-order valence-electron chi connectivity index (χ3n) is 9.20. The monoisotopic (exact) mass is 657 g/mol. The van der Waals surface area contributed by atoms with Crippen LogP contribution in [0, 0.1) is 17.7 Å². The Balaban J connectivity index is 1.74. The van der Waals surface area contributed by atoms with E-state index in [1.807, 2.05) is 13.8 Å². The molecule has 7 nitrogen and oxygen atoms in total. The van der Waals surface area contributed by atoms with Gasteiger partial charge in [-0.05, 0) is 86.1 Å². The number of carbonyl (C=O) groups excluding carboxylic acids is 2. The molecule has 0 unspecified atom stereocenters. The van der Waals surface area contributed by atoms with Crippen molar-refractivity contribution in [1.82, 2.24) is 4.90 Å². The molecule has 0 saturated carbocycles. The molecule has 240 valence electrons. The normalized spacial score (nSPS) is 21.2. The Labute approximate surface area is 272 Å². The highest BCUT2D eigenvalue weighted by atomic mass is 35.5. The summed E-state index contributed by atoms with van der Waals surface area (Å²) in [5, 5.41) is 25.5. The number of fused-ring (bicyclic) bond motifs is 1. The van der Waals surface area contributed by atoms with E-state index in [0.717, 1.165) is 4.90 Å². The van der Waals surface area contributed by atoms with Gasteiger partial charge in [0.15, 0.2) is 5.72 Å². The van der Waals surface area contributed by atoms with Crippen molar-refractivity contribution in [3.05, 3.63) is 104 Å². The molecule has 45 heavy (non-hydrogen) atoms. The second-order valence-corrected chi connectivity index (χ2v) is 12.7. The number of halogens is 3. The van der Waals surface area contributed by atoms with Gasteiger partial charge >= 0.3 is 5.97 Å². The maximum atomic E-state index is 16.6. The predicted octanol–water partition coefficient (Wildman–Crippen LogP) is 7.14. The largest absolute Gasteiger partial charge is 0.465 e. The number of benzene rings is 3. The summed E-state index contributed by atoms with van der Waals surface area (Å²) in [4.78, 5) is 29.2. The molecule has 0 aliphatic carbocycles. The maximum absolute atomic E-state index is 16.6. The zero-order valence-corrected chi connectivity index (χ0v) is 27.1. The van der Waals surface area contributed by atoms with Gasteiger partial charge in [-0.15, -0.1) is 0 Å². The highest BCUT2D eigenvalue weighted by molar-refractivity contribution is 6.30. The van der Waals surface area contributed by atoms with E-state index in [1.54, 1.807) is 43.3 Å². The highest BCUT2D eigenvalue weighted by Gasteiger charge is 2.57. The smallest absolute Gasteiger partial charge is 0.311 e. The number of amides is 1. The quantitative estimate of drug-likeness (QED) is 0.225. The van der Waals surface area contributed by atoms with Crippen molar-refractivity contribution in [2.75, 3.05) is 19.8 Å². The van der Waals surface area contributed by atoms with Gasteiger partial charge in [0.25, 0.3) is 5.91 Å². The molecular weight excluding hydrogens is 620 g/mol. The molecule has 5 rings (SSSR count). The van der Waals surface area contributed by atoms with Crippen LogP contribution in [-0.2, 0) is 25.6 Å². The molecule has 0 bridgehead atoms. The first kappa shape index (κ1) is 33.4. The number of ether oxygens (including phenoxy) is 2. The summed E-state index contributed by atoms with van der Waals surface area (Å²) < 4.78 is 27.6. The van der Waals surface area contributed by atoms with Gasteiger partial charge in [0, 0.05) is 28.8 Å². The fourth-order valence-corrected chi connectivity index (χ4v) is 7.01. The molecule has 10 heteroatoms. The number of carbonyl (C=O) groups is 2. The van der Waals surface area contributed by atoms with Gasteiger partial charge in [0.1, 0.15) is 5.82 Å². The molecule has 2 aliphatic heterocycles. The van der Waals surface area contributed by atoms with Crippen LogP contribution in [0.3, 0.4) is 0 Å². The van der Waals surface area contributed by atoms with Crippen LogP contribution in [-0.4, -0.2) is 46.8 Å². The summed E-state index contributed by atoms with van der Waals surface area (Å²) >= 11 is 12.4. The summed E-state index contributed by atoms with van der Waals surface area (Å²) in [5.41, 5.74) is -3.24. The zero-order chi connectivity index (χ0) is 32.5. The van der Waals surface area contributed by atoms with E-state index in [1.165, 1.54) is 24.3 Å². The third-order valence-corrected chi connectivity index (χ3v) is 9.71. The Morgan fingerprint density at radius 2 is 1.69 bits per heavy atom. The molecule has 2 heterocycles. The van der Waals surface area contributed by atoms with Crippen molar-refractivity contribution in [3.63, 3.8) is 0 Å². The Hall–Kier alpha value is -3.01. The average molecular weight is 659 g/mol. The maximum Gasteiger partial charge on any atom is 0.311 e. The van der Waals surface area contributed by atoms with Gasteiger partial charge in [0.05, 0.1) is 35.3 Å². The summed E-state index contributed by atoms with van der Waals surface area (Å²) in [7, 11) is 0. The predicted molar refractivity (Wildman–Crippen MR) is 169 cm³/mol. The number of aliphatic hydroxyl groups is 2. The number of hydrogen-bond acceptors (Lipinski definition) is 6. The number of rotatable bonds is 10. The Morgan fingerprint density at radius 3 is 2.27 bits per heavy atom. The van der Waals surface area contributed by atoms with Gasteiger partial charge < -0.3 is 19.7 Å². The first-order valence-corrected chi connectivity index (χ1v) is 16.1. The van der Waals surface area contributed by atoms with Gasteiger partial charge in [-0.25, -0.2) is 4.39 Å². The Morgan fingerprint density at radius 1 is 1.09 bits per heavy atom. The molecule has 1 amide bonds. The Bertz CT molecular complexity index is 1540. The van der Waals surface area contributed by atoms with Crippen molar-refractivity contribution >= 4 is 35.1 Å². The van der Waals surface area contributed by atoms with Crippen LogP contribution in [0.2, 0.25) is 10.0 Å².